The molecule has 0 N–H and O–H groups in total. The lowest BCUT2D eigenvalue weighted by atomic mass is 10.1. The molecule has 0 spiro atoms. The van der Waals surface area contributed by atoms with Gasteiger partial charge in [-0.15, -0.1) is 0 Å². The molecule has 3 amide bonds. The quantitative estimate of drug-likeness (QED) is 0.773. The molecule has 1 saturated heterocycles. The van der Waals surface area contributed by atoms with Crippen molar-refractivity contribution in [1.29, 1.82) is 0 Å². The molecule has 1 fully saturated rings. The van der Waals surface area contributed by atoms with Gasteiger partial charge in [-0.1, -0.05) is 42.5 Å². The summed E-state index contributed by atoms with van der Waals surface area (Å²) in [5, 5.41) is 0. The first-order valence-corrected chi connectivity index (χ1v) is 8.34. The largest absolute Gasteiger partial charge is 0.333 e. The van der Waals surface area contributed by atoms with Crippen LogP contribution in [0.3, 0.4) is 0 Å². The van der Waals surface area contributed by atoms with Crippen molar-refractivity contribution in [2.45, 2.75) is 25.4 Å². The minimum atomic E-state index is -0.792. The third-order valence-corrected chi connectivity index (χ3v) is 4.53. The number of halogens is 1. The van der Waals surface area contributed by atoms with Gasteiger partial charge in [-0.05, 0) is 23.3 Å². The Bertz CT molecular complexity index is 821. The summed E-state index contributed by atoms with van der Waals surface area (Å²) in [6.07, 6.45) is 0.0325. The van der Waals surface area contributed by atoms with Crippen molar-refractivity contribution in [3.63, 3.8) is 0 Å². The predicted molar refractivity (Wildman–Crippen MR) is 93.3 cm³/mol. The highest BCUT2D eigenvalue weighted by molar-refractivity contribution is 6.06. The van der Waals surface area contributed by atoms with Crippen LogP contribution >= 0.6 is 0 Å². The van der Waals surface area contributed by atoms with Gasteiger partial charge in [-0.25, -0.2) is 4.39 Å². The van der Waals surface area contributed by atoms with Crippen LogP contribution < -0.4 is 0 Å². The third-order valence-electron chi connectivity index (χ3n) is 4.53. The summed E-state index contributed by atoms with van der Waals surface area (Å²) in [6.45, 7) is 0.203. The standard InChI is InChI=1S/C20H19FN2O3/c1-22(18(24)11-14-7-9-16(21)10-8-14)17-12-19(25)23(20(17)26)13-15-5-3-2-4-6-15/h2-10,17H,11-13H2,1H3. The summed E-state index contributed by atoms with van der Waals surface area (Å²) in [6, 6.07) is 14.1. The minimum Gasteiger partial charge on any atom is -0.333 e. The van der Waals surface area contributed by atoms with Crippen molar-refractivity contribution in [2.75, 3.05) is 7.05 Å². The van der Waals surface area contributed by atoms with E-state index in [-0.39, 0.29) is 42.9 Å². The number of carbonyl (C=O) groups excluding carboxylic acids is 3. The summed E-state index contributed by atoms with van der Waals surface area (Å²) in [5.41, 5.74) is 1.51. The SMILES string of the molecule is CN(C(=O)Cc1ccc(F)cc1)C1CC(=O)N(Cc2ccccc2)C1=O. The number of likely N-dealkylation sites (tertiary alicyclic amines) is 1. The molecule has 1 atom stereocenters. The Hall–Kier alpha value is -3.02. The summed E-state index contributed by atoms with van der Waals surface area (Å²) >= 11 is 0. The maximum atomic E-state index is 13.0. The molecule has 2 aromatic rings. The zero-order valence-corrected chi connectivity index (χ0v) is 14.4. The van der Waals surface area contributed by atoms with Gasteiger partial charge in [0, 0.05) is 7.05 Å². The van der Waals surface area contributed by atoms with E-state index in [4.69, 9.17) is 0 Å². The highest BCUT2D eigenvalue weighted by Crippen LogP contribution is 2.21. The summed E-state index contributed by atoms with van der Waals surface area (Å²) in [7, 11) is 1.52. The van der Waals surface area contributed by atoms with Crippen LogP contribution in [-0.2, 0) is 27.3 Å². The fraction of sp³-hybridized carbons (Fsp3) is 0.250. The molecule has 0 radical (unpaired) electrons. The van der Waals surface area contributed by atoms with Gasteiger partial charge in [0.25, 0.3) is 5.91 Å². The normalized spacial score (nSPS) is 16.8. The number of benzene rings is 2. The molecule has 1 aliphatic rings. The summed E-state index contributed by atoms with van der Waals surface area (Å²) < 4.78 is 13.0. The zero-order chi connectivity index (χ0) is 18.7. The van der Waals surface area contributed by atoms with Crippen LogP contribution in [0, 0.1) is 5.82 Å². The second-order valence-electron chi connectivity index (χ2n) is 6.33. The van der Waals surface area contributed by atoms with Gasteiger partial charge in [0.05, 0.1) is 19.4 Å². The molecular weight excluding hydrogens is 335 g/mol. The summed E-state index contributed by atoms with van der Waals surface area (Å²) in [4.78, 5) is 39.8. The van der Waals surface area contributed by atoms with Gasteiger partial charge in [-0.2, -0.15) is 0 Å². The Kier molecular flexibility index (Phi) is 5.11. The summed E-state index contributed by atoms with van der Waals surface area (Å²) in [5.74, 6) is -1.31. The van der Waals surface area contributed by atoms with Crippen molar-refractivity contribution >= 4 is 17.7 Å². The van der Waals surface area contributed by atoms with E-state index in [0.29, 0.717) is 5.56 Å². The minimum absolute atomic E-state index is 0.0165. The van der Waals surface area contributed by atoms with Gasteiger partial charge in [-0.3, -0.25) is 19.3 Å². The van der Waals surface area contributed by atoms with Crippen molar-refractivity contribution in [1.82, 2.24) is 9.80 Å². The first-order valence-electron chi connectivity index (χ1n) is 8.34. The third kappa shape index (κ3) is 3.79. The molecule has 6 heteroatoms. The lowest BCUT2D eigenvalue weighted by Gasteiger charge is -2.23. The van der Waals surface area contributed by atoms with Crippen LogP contribution in [0.15, 0.2) is 54.6 Å². The first kappa shape index (κ1) is 17.8. The van der Waals surface area contributed by atoms with Gasteiger partial charge < -0.3 is 4.90 Å². The van der Waals surface area contributed by atoms with E-state index in [9.17, 15) is 18.8 Å². The van der Waals surface area contributed by atoms with E-state index in [1.165, 1.54) is 41.1 Å². The number of hydrogen-bond acceptors (Lipinski definition) is 3. The Balaban J connectivity index is 1.66. The molecule has 5 nitrogen and oxygen atoms in total. The molecule has 0 saturated carbocycles. The van der Waals surface area contributed by atoms with Crippen LogP contribution in [0.4, 0.5) is 4.39 Å². The number of rotatable bonds is 5. The molecule has 134 valence electrons. The number of carbonyl (C=O) groups is 3. The van der Waals surface area contributed by atoms with E-state index < -0.39 is 6.04 Å². The average Bonchev–Trinajstić information content (AvgIpc) is 2.92. The monoisotopic (exact) mass is 354 g/mol. The van der Waals surface area contributed by atoms with Crippen molar-refractivity contribution in [3.05, 3.63) is 71.5 Å². The van der Waals surface area contributed by atoms with E-state index in [2.05, 4.69) is 0 Å². The number of nitrogens with zero attached hydrogens (tertiary/aromatic N) is 2. The second kappa shape index (κ2) is 7.47. The molecule has 1 heterocycles. The van der Waals surface area contributed by atoms with Crippen LogP contribution in [0.25, 0.3) is 0 Å². The first-order chi connectivity index (χ1) is 12.5. The van der Waals surface area contributed by atoms with Crippen molar-refractivity contribution in [3.8, 4) is 0 Å². The van der Waals surface area contributed by atoms with Gasteiger partial charge >= 0.3 is 0 Å². The second-order valence-corrected chi connectivity index (χ2v) is 6.33. The van der Waals surface area contributed by atoms with Crippen LogP contribution in [-0.4, -0.2) is 40.6 Å². The lowest BCUT2D eigenvalue weighted by Crippen LogP contribution is -2.43. The Morgan fingerprint density at radius 2 is 1.73 bits per heavy atom. The maximum absolute atomic E-state index is 13.0. The molecule has 0 aliphatic carbocycles. The highest BCUT2D eigenvalue weighted by atomic mass is 19.1. The number of amides is 3. The molecule has 1 unspecified atom stereocenters. The van der Waals surface area contributed by atoms with Crippen molar-refractivity contribution < 1.29 is 18.8 Å². The van der Waals surface area contributed by atoms with Crippen LogP contribution in [0.1, 0.15) is 17.5 Å². The molecule has 3 rings (SSSR count). The van der Waals surface area contributed by atoms with Gasteiger partial charge in [0.2, 0.25) is 11.8 Å². The fourth-order valence-electron chi connectivity index (χ4n) is 2.98. The zero-order valence-electron chi connectivity index (χ0n) is 14.4. The topological polar surface area (TPSA) is 57.7 Å². The van der Waals surface area contributed by atoms with Crippen LogP contribution in [0.2, 0.25) is 0 Å². The fourth-order valence-corrected chi connectivity index (χ4v) is 2.98. The molecule has 26 heavy (non-hydrogen) atoms. The Labute approximate surface area is 151 Å². The maximum Gasteiger partial charge on any atom is 0.252 e. The number of likely N-dealkylation sites (N-methyl/N-ethyl adjacent to an activating group) is 1. The van der Waals surface area contributed by atoms with E-state index in [0.717, 1.165) is 5.56 Å². The molecule has 0 bridgehead atoms. The van der Waals surface area contributed by atoms with Gasteiger partial charge in [0.15, 0.2) is 0 Å². The molecule has 0 aromatic heterocycles. The Morgan fingerprint density at radius 1 is 1.08 bits per heavy atom. The van der Waals surface area contributed by atoms with Crippen molar-refractivity contribution in [2.24, 2.45) is 0 Å². The lowest BCUT2D eigenvalue weighted by molar-refractivity contribution is -0.143. The smallest absolute Gasteiger partial charge is 0.252 e. The number of hydrogen-bond donors (Lipinski definition) is 0. The Morgan fingerprint density at radius 3 is 2.38 bits per heavy atom. The predicted octanol–water partition coefficient (Wildman–Crippen LogP) is 2.15. The molecular formula is C20H19FN2O3. The molecule has 1 aliphatic heterocycles. The highest BCUT2D eigenvalue weighted by Gasteiger charge is 2.42. The van der Waals surface area contributed by atoms with E-state index in [1.807, 2.05) is 30.3 Å². The average molecular weight is 354 g/mol. The number of imide groups is 1. The van der Waals surface area contributed by atoms with Crippen LogP contribution in [0.5, 0.6) is 0 Å². The van der Waals surface area contributed by atoms with Gasteiger partial charge in [0.1, 0.15) is 11.9 Å². The van der Waals surface area contributed by atoms with E-state index in [1.54, 1.807) is 0 Å². The van der Waals surface area contributed by atoms with E-state index >= 15 is 0 Å². The molecule has 2 aromatic carbocycles.